The maximum atomic E-state index is 13.7. The first kappa shape index (κ1) is 24.8. The first-order valence-corrected chi connectivity index (χ1v) is 11.4. The zero-order valence-corrected chi connectivity index (χ0v) is 17.5. The van der Waals surface area contributed by atoms with Gasteiger partial charge < -0.3 is 15.9 Å². The van der Waals surface area contributed by atoms with Crippen LogP contribution in [0.3, 0.4) is 0 Å². The van der Waals surface area contributed by atoms with E-state index in [-0.39, 0.29) is 24.2 Å². The Labute approximate surface area is 178 Å². The molecule has 0 radical (unpaired) electrons. The Hall–Kier alpha value is -2.43. The Kier molecular flexibility index (Phi) is 7.85. The van der Waals surface area contributed by atoms with Gasteiger partial charge in [-0.3, -0.25) is 9.57 Å². The molecule has 0 aliphatic rings. The lowest BCUT2D eigenvalue weighted by molar-refractivity contribution is -0.269. The van der Waals surface area contributed by atoms with Gasteiger partial charge in [-0.15, -0.1) is 0 Å². The first-order valence-electron chi connectivity index (χ1n) is 9.53. The number of halogens is 3. The Morgan fingerprint density at radius 1 is 1.03 bits per heavy atom. The fourth-order valence-electron chi connectivity index (χ4n) is 3.12. The summed E-state index contributed by atoms with van der Waals surface area (Å²) in [7, 11) is -3.32. The van der Waals surface area contributed by atoms with Gasteiger partial charge in [0.1, 0.15) is 6.04 Å². The van der Waals surface area contributed by atoms with Gasteiger partial charge in [-0.05, 0) is 36.0 Å². The van der Waals surface area contributed by atoms with Crippen LogP contribution in [-0.2, 0) is 20.1 Å². The SMILES string of the molecule is N=S(=O)(CCCC(O)(c1ccc(-c2ccccc2)cc1)C(F)(F)F)CC[C@H](N)C(=O)O. The monoisotopic (exact) mass is 458 g/mol. The summed E-state index contributed by atoms with van der Waals surface area (Å²) < 4.78 is 61.2. The van der Waals surface area contributed by atoms with Crippen LogP contribution in [0.2, 0.25) is 0 Å². The van der Waals surface area contributed by atoms with E-state index in [2.05, 4.69) is 0 Å². The minimum atomic E-state index is -4.98. The molecule has 2 aromatic rings. The Morgan fingerprint density at radius 2 is 1.58 bits per heavy atom. The average molecular weight is 459 g/mol. The molecule has 10 heteroatoms. The lowest BCUT2D eigenvalue weighted by Crippen LogP contribution is -2.42. The number of nitrogens with two attached hydrogens (primary N) is 1. The van der Waals surface area contributed by atoms with Crippen molar-refractivity contribution in [3.63, 3.8) is 0 Å². The minimum Gasteiger partial charge on any atom is -0.480 e. The first-order chi connectivity index (χ1) is 14.4. The van der Waals surface area contributed by atoms with E-state index in [1.54, 1.807) is 12.1 Å². The molecule has 3 atom stereocenters. The van der Waals surface area contributed by atoms with Gasteiger partial charge in [0, 0.05) is 21.2 Å². The molecule has 5 N–H and O–H groups in total. The molecule has 2 rings (SSSR count). The van der Waals surface area contributed by atoms with Crippen LogP contribution >= 0.6 is 0 Å². The summed E-state index contributed by atoms with van der Waals surface area (Å²) in [6.45, 7) is 0. The molecule has 0 spiro atoms. The molecule has 0 aliphatic heterocycles. The second-order valence-corrected chi connectivity index (χ2v) is 9.80. The van der Waals surface area contributed by atoms with Crippen LogP contribution in [-0.4, -0.2) is 44.1 Å². The molecule has 0 fully saturated rings. The number of nitrogens with one attached hydrogen (secondary N) is 1. The van der Waals surface area contributed by atoms with Crippen molar-refractivity contribution in [3.05, 3.63) is 60.2 Å². The van der Waals surface area contributed by atoms with Crippen molar-refractivity contribution < 1.29 is 32.4 Å². The van der Waals surface area contributed by atoms with Crippen molar-refractivity contribution in [1.29, 1.82) is 4.78 Å². The van der Waals surface area contributed by atoms with Crippen molar-refractivity contribution in [3.8, 4) is 11.1 Å². The summed E-state index contributed by atoms with van der Waals surface area (Å²) in [6, 6.07) is 13.2. The topological polar surface area (TPSA) is 124 Å². The van der Waals surface area contributed by atoms with Crippen molar-refractivity contribution in [2.24, 2.45) is 5.73 Å². The van der Waals surface area contributed by atoms with Gasteiger partial charge in [0.05, 0.1) is 0 Å². The Morgan fingerprint density at radius 3 is 2.10 bits per heavy atom. The number of aliphatic carboxylic acids is 1. The highest BCUT2D eigenvalue weighted by molar-refractivity contribution is 7.92. The summed E-state index contributed by atoms with van der Waals surface area (Å²) in [5, 5.41) is 19.2. The number of aliphatic hydroxyl groups is 1. The molecular formula is C21H25F3N2O4S. The lowest BCUT2D eigenvalue weighted by Gasteiger charge is -2.31. The number of hydrogen-bond acceptors (Lipinski definition) is 5. The van der Waals surface area contributed by atoms with Crippen LogP contribution in [0, 0.1) is 4.78 Å². The second-order valence-electron chi connectivity index (χ2n) is 7.36. The Bertz CT molecular complexity index is 980. The van der Waals surface area contributed by atoms with Crippen molar-refractivity contribution in [1.82, 2.24) is 0 Å². The largest absolute Gasteiger partial charge is 0.480 e. The summed E-state index contributed by atoms with van der Waals surface area (Å²) >= 11 is 0. The van der Waals surface area contributed by atoms with E-state index in [9.17, 15) is 27.3 Å². The minimum absolute atomic E-state index is 0.220. The van der Waals surface area contributed by atoms with Gasteiger partial charge in [-0.1, -0.05) is 54.6 Å². The molecule has 0 bridgehead atoms. The molecule has 2 unspecified atom stereocenters. The van der Waals surface area contributed by atoms with Crippen molar-refractivity contribution >= 4 is 15.7 Å². The summed E-state index contributed by atoms with van der Waals surface area (Å²) in [5.41, 5.74) is 3.32. The quantitative estimate of drug-likeness (QED) is 0.432. The van der Waals surface area contributed by atoms with Crippen LogP contribution in [0.15, 0.2) is 54.6 Å². The van der Waals surface area contributed by atoms with Crippen molar-refractivity contribution in [2.45, 2.75) is 37.1 Å². The molecule has 0 amide bonds. The van der Waals surface area contributed by atoms with Crippen LogP contribution in [0.25, 0.3) is 11.1 Å². The van der Waals surface area contributed by atoms with E-state index in [1.165, 1.54) is 24.3 Å². The van der Waals surface area contributed by atoms with E-state index < -0.39 is 45.7 Å². The van der Waals surface area contributed by atoms with Crippen LogP contribution in [0.1, 0.15) is 24.8 Å². The summed E-state index contributed by atoms with van der Waals surface area (Å²) in [4.78, 5) is 10.7. The van der Waals surface area contributed by atoms with E-state index in [0.29, 0.717) is 5.56 Å². The fourth-order valence-corrected chi connectivity index (χ4v) is 4.57. The Balaban J connectivity index is 2.11. The van der Waals surface area contributed by atoms with Gasteiger partial charge in [-0.2, -0.15) is 13.2 Å². The molecule has 0 heterocycles. The van der Waals surface area contributed by atoms with Gasteiger partial charge in [0.15, 0.2) is 5.60 Å². The van der Waals surface area contributed by atoms with Gasteiger partial charge in [0.25, 0.3) is 0 Å². The van der Waals surface area contributed by atoms with E-state index in [4.69, 9.17) is 15.6 Å². The molecule has 0 saturated heterocycles. The fraction of sp³-hybridized carbons (Fsp3) is 0.381. The van der Waals surface area contributed by atoms with Crippen molar-refractivity contribution in [2.75, 3.05) is 11.5 Å². The highest BCUT2D eigenvalue weighted by Crippen LogP contribution is 2.43. The molecule has 0 aliphatic carbocycles. The molecule has 2 aromatic carbocycles. The van der Waals surface area contributed by atoms with Gasteiger partial charge in [-0.25, -0.2) is 4.21 Å². The molecule has 0 saturated carbocycles. The normalized spacial score (nSPS) is 16.8. The number of benzene rings is 2. The zero-order valence-electron chi connectivity index (χ0n) is 16.6. The van der Waals surface area contributed by atoms with E-state index in [0.717, 1.165) is 5.56 Å². The third-order valence-corrected chi connectivity index (χ3v) is 6.87. The number of carbonyl (C=O) groups is 1. The summed E-state index contributed by atoms with van der Waals surface area (Å²) in [5.74, 6) is -2.04. The second kappa shape index (κ2) is 9.80. The maximum Gasteiger partial charge on any atom is 0.421 e. The molecule has 0 aromatic heterocycles. The number of rotatable bonds is 10. The van der Waals surface area contributed by atoms with Crippen LogP contribution < -0.4 is 5.73 Å². The maximum absolute atomic E-state index is 13.7. The van der Waals surface area contributed by atoms with Crippen LogP contribution in [0.4, 0.5) is 13.2 Å². The zero-order chi connectivity index (χ0) is 23.3. The lowest BCUT2D eigenvalue weighted by atomic mass is 9.87. The van der Waals surface area contributed by atoms with E-state index in [1.807, 2.05) is 18.2 Å². The number of alkyl halides is 3. The highest BCUT2D eigenvalue weighted by Gasteiger charge is 2.54. The molecular weight excluding hydrogens is 433 g/mol. The molecule has 170 valence electrons. The van der Waals surface area contributed by atoms with E-state index >= 15 is 0 Å². The van der Waals surface area contributed by atoms with Gasteiger partial charge in [0.2, 0.25) is 0 Å². The smallest absolute Gasteiger partial charge is 0.421 e. The van der Waals surface area contributed by atoms with Crippen LogP contribution in [0.5, 0.6) is 0 Å². The number of hydrogen-bond donors (Lipinski definition) is 4. The summed E-state index contributed by atoms with van der Waals surface area (Å²) in [6.07, 6.45) is -6.30. The standard InChI is InChI=1S/C21H25F3N2O4S/c22-21(23,24)20(29,12-4-13-31(26,30)14-11-18(25)19(27)28)17-9-7-16(8-10-17)15-5-2-1-3-6-15/h1-3,5-10,18,26,29H,4,11-14,25H2,(H,27,28)/t18-,20?,31?/m0/s1. The predicted octanol–water partition coefficient (Wildman–Crippen LogP) is 3.73. The third kappa shape index (κ3) is 6.52. The predicted molar refractivity (Wildman–Crippen MR) is 112 cm³/mol. The average Bonchev–Trinajstić information content (AvgIpc) is 2.71. The molecule has 6 nitrogen and oxygen atoms in total. The van der Waals surface area contributed by atoms with Gasteiger partial charge >= 0.3 is 12.1 Å². The third-order valence-electron chi connectivity index (χ3n) is 5.03. The number of carboxylic acids is 1. The highest BCUT2D eigenvalue weighted by atomic mass is 32.2. The molecule has 31 heavy (non-hydrogen) atoms. The number of carboxylic acid groups (broad SMARTS) is 1.